The van der Waals surface area contributed by atoms with Gasteiger partial charge in [-0.25, -0.2) is 0 Å². The first-order valence-corrected chi connectivity index (χ1v) is 2.51. The molecule has 0 bridgehead atoms. The third-order valence-electron chi connectivity index (χ3n) is 0.402. The van der Waals surface area contributed by atoms with Crippen LogP contribution in [0, 0.1) is 0 Å². The number of carbonyl (C=O) groups is 2. The number of primary amides is 2. The van der Waals surface area contributed by atoms with Crippen LogP contribution in [0.5, 0.6) is 0 Å². The third-order valence-corrected chi connectivity index (χ3v) is 0.402. The van der Waals surface area contributed by atoms with E-state index in [0.717, 1.165) is 0 Å². The number of rotatable bonds is 2. The van der Waals surface area contributed by atoms with E-state index in [2.05, 4.69) is 11.5 Å². The number of hydrogen-bond acceptors (Lipinski definition) is 4. The summed E-state index contributed by atoms with van der Waals surface area (Å²) in [5, 5.41) is 0. The monoisotopic (exact) mass is 499 g/mol. The average molecular weight is 499 g/mol. The van der Waals surface area contributed by atoms with Crippen molar-refractivity contribution < 1.29 is 85.3 Å². The van der Waals surface area contributed by atoms with Gasteiger partial charge in [0.2, 0.25) is 11.8 Å². The molecule has 0 aliphatic rings. The fourth-order valence-electron chi connectivity index (χ4n) is 0. The number of hydrogen-bond donors (Lipinski definition) is 4. The van der Waals surface area contributed by atoms with Crippen molar-refractivity contribution in [2.45, 2.75) is 0 Å². The van der Waals surface area contributed by atoms with E-state index >= 15 is 0 Å². The van der Waals surface area contributed by atoms with Gasteiger partial charge >= 0.3 is 16.8 Å². The molecule has 14 N–H and O–H groups in total. The summed E-state index contributed by atoms with van der Waals surface area (Å²) in [5.41, 5.74) is 18.4. The molecule has 0 fully saturated rings. The summed E-state index contributed by atoms with van der Waals surface area (Å²) in [6, 6.07) is 0. The standard InChI is InChI=1S/2C2H6N2O.Co.2HI.2H2O/c2*3-1-2(4)5;;;;;/h2*1,3H2,(H2,4,5);;2*1H;2*1H2/q;;+2;;;;. The zero-order valence-corrected chi connectivity index (χ0v) is 13.1. The molecule has 0 aromatic heterocycles. The van der Waals surface area contributed by atoms with E-state index in [9.17, 15) is 9.59 Å². The second-order valence-corrected chi connectivity index (χ2v) is 1.34. The molecule has 0 aromatic rings. The van der Waals surface area contributed by atoms with Crippen LogP contribution in [0.3, 0.4) is 0 Å². The largest absolute Gasteiger partial charge is 2.00 e. The van der Waals surface area contributed by atoms with Gasteiger partial charge in [0.1, 0.15) is 0 Å². The smallest absolute Gasteiger partial charge is 1.00 e. The van der Waals surface area contributed by atoms with Crippen LogP contribution < -0.4 is 70.9 Å². The molecule has 11 heteroatoms. The maximum Gasteiger partial charge on any atom is 2.00 e. The second kappa shape index (κ2) is 36.4. The van der Waals surface area contributed by atoms with Gasteiger partial charge in [-0.1, -0.05) is 0 Å². The summed E-state index contributed by atoms with van der Waals surface area (Å²) < 4.78 is 0. The zero-order chi connectivity index (χ0) is 8.57. The second-order valence-electron chi connectivity index (χ2n) is 1.34. The molecular formula is C4H18CoI2N4O4+2. The molecule has 15 heavy (non-hydrogen) atoms. The Hall–Kier alpha value is 0.746. The van der Waals surface area contributed by atoms with E-state index in [-0.39, 0.29) is 88.8 Å². The van der Waals surface area contributed by atoms with Crippen molar-refractivity contribution in [1.29, 1.82) is 0 Å². The minimum atomic E-state index is -0.468. The summed E-state index contributed by atoms with van der Waals surface area (Å²) in [4.78, 5) is 18.9. The minimum Gasteiger partial charge on any atom is -1.00 e. The SMILES string of the molecule is NCC(N)=O.NCC(N)=O.[Co+2].[I-].[I-].[OH3+].[OH3+]. The van der Waals surface area contributed by atoms with Gasteiger partial charge in [0, 0.05) is 0 Å². The molecule has 0 rings (SSSR count). The molecule has 0 saturated heterocycles. The van der Waals surface area contributed by atoms with Gasteiger partial charge in [-0.15, -0.1) is 0 Å². The van der Waals surface area contributed by atoms with Crippen molar-refractivity contribution in [3.63, 3.8) is 0 Å². The van der Waals surface area contributed by atoms with Crippen LogP contribution in [-0.2, 0) is 37.3 Å². The first-order valence-electron chi connectivity index (χ1n) is 2.51. The molecule has 2 amide bonds. The zero-order valence-electron chi connectivity index (χ0n) is 7.78. The maximum atomic E-state index is 9.47. The van der Waals surface area contributed by atoms with E-state index in [0.29, 0.717) is 0 Å². The van der Waals surface area contributed by atoms with Gasteiger partial charge in [0.25, 0.3) is 0 Å². The molecule has 99 valence electrons. The normalized spacial score (nSPS) is 4.93. The fraction of sp³-hybridized carbons (Fsp3) is 0.500. The third kappa shape index (κ3) is 106. The van der Waals surface area contributed by atoms with Gasteiger partial charge in [0.15, 0.2) is 0 Å². The molecule has 0 aromatic carbocycles. The van der Waals surface area contributed by atoms with Crippen molar-refractivity contribution in [1.82, 2.24) is 0 Å². The molecule has 0 aliphatic carbocycles. The molecule has 0 spiro atoms. The number of carbonyl (C=O) groups excluding carboxylic acids is 2. The number of amides is 2. The van der Waals surface area contributed by atoms with Gasteiger partial charge in [0.05, 0.1) is 13.1 Å². The summed E-state index contributed by atoms with van der Waals surface area (Å²) >= 11 is 0. The van der Waals surface area contributed by atoms with E-state index in [1.807, 2.05) is 0 Å². The Morgan fingerprint density at radius 3 is 0.867 bits per heavy atom. The van der Waals surface area contributed by atoms with E-state index in [1.54, 1.807) is 0 Å². The Morgan fingerprint density at radius 1 is 0.800 bits per heavy atom. The summed E-state index contributed by atoms with van der Waals surface area (Å²) in [5.74, 6) is -0.935. The molecule has 8 nitrogen and oxygen atoms in total. The van der Waals surface area contributed by atoms with Crippen molar-refractivity contribution in [3.8, 4) is 0 Å². The Balaban J connectivity index is -0.0000000128. The molecule has 0 aliphatic heterocycles. The topological polar surface area (TPSA) is 204 Å². The quantitative estimate of drug-likeness (QED) is 0.216. The van der Waals surface area contributed by atoms with Gasteiger partial charge < -0.3 is 81.8 Å². The van der Waals surface area contributed by atoms with Crippen molar-refractivity contribution in [3.05, 3.63) is 0 Å². The minimum absolute atomic E-state index is 0. The first kappa shape index (κ1) is 44.8. The Labute approximate surface area is 132 Å². The van der Waals surface area contributed by atoms with Crippen LogP contribution in [0.4, 0.5) is 0 Å². The molecule has 0 heterocycles. The Bertz CT molecular complexity index is 117. The van der Waals surface area contributed by atoms with Crippen LogP contribution in [0.1, 0.15) is 0 Å². The number of halogens is 2. The van der Waals surface area contributed by atoms with Crippen molar-refractivity contribution in [2.24, 2.45) is 22.9 Å². The predicted octanol–water partition coefficient (Wildman–Crippen LogP) is -11.0. The number of nitrogens with two attached hydrogens (primary N) is 4. The summed E-state index contributed by atoms with van der Waals surface area (Å²) in [6.07, 6.45) is 0. The van der Waals surface area contributed by atoms with Crippen molar-refractivity contribution in [2.75, 3.05) is 13.1 Å². The Kier molecular flexibility index (Phi) is 109. The van der Waals surface area contributed by atoms with Crippen LogP contribution in [0.25, 0.3) is 0 Å². The molecule has 0 atom stereocenters. The first-order chi connectivity index (χ1) is 4.54. The average Bonchev–Trinajstić information content (AvgIpc) is 1.89. The van der Waals surface area contributed by atoms with Crippen LogP contribution in [-0.4, -0.2) is 24.9 Å². The van der Waals surface area contributed by atoms with Crippen LogP contribution in [0.15, 0.2) is 0 Å². The van der Waals surface area contributed by atoms with E-state index in [4.69, 9.17) is 11.5 Å². The van der Waals surface area contributed by atoms with Gasteiger partial charge in [-0.2, -0.15) is 0 Å². The van der Waals surface area contributed by atoms with Gasteiger partial charge in [-0.3, -0.25) is 9.59 Å². The van der Waals surface area contributed by atoms with E-state index in [1.165, 1.54) is 0 Å². The van der Waals surface area contributed by atoms with Crippen LogP contribution >= 0.6 is 0 Å². The molecule has 0 unspecified atom stereocenters. The van der Waals surface area contributed by atoms with Crippen LogP contribution in [0.2, 0.25) is 0 Å². The maximum absolute atomic E-state index is 9.47. The summed E-state index contributed by atoms with van der Waals surface area (Å²) in [6.45, 7) is -0.111. The molecular weight excluding hydrogens is 481 g/mol. The van der Waals surface area contributed by atoms with Crippen molar-refractivity contribution >= 4 is 11.8 Å². The molecule has 1 radical (unpaired) electrons. The summed E-state index contributed by atoms with van der Waals surface area (Å²) in [7, 11) is 0. The van der Waals surface area contributed by atoms with Gasteiger partial charge in [-0.05, 0) is 0 Å². The Morgan fingerprint density at radius 2 is 0.867 bits per heavy atom. The van der Waals surface area contributed by atoms with E-state index < -0.39 is 11.8 Å². The molecule has 0 saturated carbocycles. The predicted molar refractivity (Wildman–Crippen MR) is 46.2 cm³/mol. The fourth-order valence-corrected chi connectivity index (χ4v) is 0.